The molecule has 3 rings (SSSR count). The first kappa shape index (κ1) is 22.4. The van der Waals surface area contributed by atoms with Crippen LogP contribution in [0.5, 0.6) is 0 Å². The average Bonchev–Trinajstić information content (AvgIpc) is 3.42. The number of carbonyl (C=O) groups excluding carboxylic acids is 1. The van der Waals surface area contributed by atoms with Gasteiger partial charge in [0.25, 0.3) is 0 Å². The van der Waals surface area contributed by atoms with E-state index in [0.717, 1.165) is 41.7 Å². The number of hydrogen-bond acceptors (Lipinski definition) is 6. The Morgan fingerprint density at radius 2 is 1.83 bits per heavy atom. The number of carbonyl (C=O) groups is 1. The van der Waals surface area contributed by atoms with E-state index in [1.807, 2.05) is 18.5 Å². The molecule has 160 valence electrons. The first-order valence-corrected chi connectivity index (χ1v) is 12.2. The van der Waals surface area contributed by atoms with Crippen LogP contribution in [-0.2, 0) is 17.9 Å². The van der Waals surface area contributed by atoms with E-state index in [4.69, 9.17) is 0 Å². The van der Waals surface area contributed by atoms with Gasteiger partial charge in [0.15, 0.2) is 11.0 Å². The third kappa shape index (κ3) is 5.23. The van der Waals surface area contributed by atoms with Crippen molar-refractivity contribution in [2.45, 2.75) is 39.0 Å². The third-order valence-electron chi connectivity index (χ3n) is 5.04. The van der Waals surface area contributed by atoms with Crippen LogP contribution in [0.1, 0.15) is 26.3 Å². The van der Waals surface area contributed by atoms with E-state index >= 15 is 0 Å². The molecule has 0 spiro atoms. The van der Waals surface area contributed by atoms with Gasteiger partial charge in [-0.2, -0.15) is 11.3 Å². The number of thiophene rings is 1. The number of amides is 1. The maximum absolute atomic E-state index is 12.5. The Morgan fingerprint density at radius 3 is 2.43 bits per heavy atom. The van der Waals surface area contributed by atoms with Crippen LogP contribution < -0.4 is 4.90 Å². The van der Waals surface area contributed by atoms with Gasteiger partial charge in [-0.05, 0) is 67.4 Å². The van der Waals surface area contributed by atoms with Crippen molar-refractivity contribution >= 4 is 34.7 Å². The fraction of sp³-hybridized carbons (Fsp3) is 0.409. The van der Waals surface area contributed by atoms with Crippen LogP contribution in [0.2, 0.25) is 0 Å². The number of thioether (sulfide) groups is 1. The van der Waals surface area contributed by atoms with Gasteiger partial charge in [0.1, 0.15) is 0 Å². The van der Waals surface area contributed by atoms with Crippen LogP contribution in [0.4, 0.5) is 5.69 Å². The molecule has 0 aliphatic heterocycles. The Labute approximate surface area is 186 Å². The topological polar surface area (TPSA) is 54.3 Å². The molecule has 0 radical (unpaired) electrons. The van der Waals surface area contributed by atoms with E-state index in [0.29, 0.717) is 12.3 Å². The predicted octanol–water partition coefficient (Wildman–Crippen LogP) is 4.62. The second kappa shape index (κ2) is 10.6. The normalized spacial score (nSPS) is 10.9. The molecule has 2 aromatic heterocycles. The summed E-state index contributed by atoms with van der Waals surface area (Å²) in [5, 5.41) is 13.6. The molecule has 1 amide bonds. The summed E-state index contributed by atoms with van der Waals surface area (Å²) in [4.78, 5) is 16.6. The van der Waals surface area contributed by atoms with E-state index in [1.54, 1.807) is 16.2 Å². The highest BCUT2D eigenvalue weighted by atomic mass is 32.2. The van der Waals surface area contributed by atoms with Crippen LogP contribution in [0, 0.1) is 0 Å². The molecule has 0 saturated heterocycles. The zero-order valence-electron chi connectivity index (χ0n) is 18.0. The number of hydrogen-bond donors (Lipinski definition) is 0. The fourth-order valence-electron chi connectivity index (χ4n) is 3.29. The van der Waals surface area contributed by atoms with Gasteiger partial charge in [-0.15, -0.1) is 10.2 Å². The summed E-state index contributed by atoms with van der Waals surface area (Å²) in [5.74, 6) is 1.27. The van der Waals surface area contributed by atoms with Gasteiger partial charge in [-0.25, -0.2) is 0 Å². The van der Waals surface area contributed by atoms with Crippen LogP contribution >= 0.6 is 23.1 Å². The first-order chi connectivity index (χ1) is 14.6. The number of rotatable bonds is 10. The summed E-state index contributed by atoms with van der Waals surface area (Å²) in [6.07, 6.45) is 0. The second-order valence-electron chi connectivity index (χ2n) is 6.94. The fourth-order valence-corrected chi connectivity index (χ4v) is 4.89. The maximum Gasteiger partial charge on any atom is 0.233 e. The highest BCUT2D eigenvalue weighted by molar-refractivity contribution is 7.99. The molecule has 0 aliphatic rings. The van der Waals surface area contributed by atoms with Crippen molar-refractivity contribution in [2.24, 2.45) is 0 Å². The van der Waals surface area contributed by atoms with Gasteiger partial charge < -0.3 is 14.4 Å². The summed E-state index contributed by atoms with van der Waals surface area (Å²) < 4.78 is 2.07. The molecule has 0 unspecified atom stereocenters. The van der Waals surface area contributed by atoms with Crippen LogP contribution in [0.25, 0.3) is 11.4 Å². The summed E-state index contributed by atoms with van der Waals surface area (Å²) in [7, 11) is 1.84. The van der Waals surface area contributed by atoms with Gasteiger partial charge >= 0.3 is 0 Å². The maximum atomic E-state index is 12.5. The lowest BCUT2D eigenvalue weighted by Crippen LogP contribution is -2.27. The quantitative estimate of drug-likeness (QED) is 0.428. The monoisotopic (exact) mass is 443 g/mol. The Balaban J connectivity index is 1.67. The standard InChI is InChI=1S/C22H29N5OS2/c1-5-26(6-2)19-10-8-18(9-11-19)21-23-24-22(27(21)7-3)30-16-20(28)25(4)14-17-12-13-29-15-17/h8-13,15H,5-7,14,16H2,1-4H3. The molecule has 2 heterocycles. The molecule has 0 aliphatic carbocycles. The van der Waals surface area contributed by atoms with E-state index in [9.17, 15) is 4.79 Å². The lowest BCUT2D eigenvalue weighted by molar-refractivity contribution is -0.127. The van der Waals surface area contributed by atoms with Crippen molar-refractivity contribution in [3.05, 3.63) is 46.7 Å². The predicted molar refractivity (Wildman–Crippen MR) is 126 cm³/mol. The molecule has 0 N–H and O–H groups in total. The SMILES string of the molecule is CCN(CC)c1ccc(-c2nnc(SCC(=O)N(C)Cc3ccsc3)n2CC)cc1. The van der Waals surface area contributed by atoms with Crippen molar-refractivity contribution in [3.63, 3.8) is 0 Å². The zero-order valence-corrected chi connectivity index (χ0v) is 19.7. The minimum Gasteiger partial charge on any atom is -0.372 e. The van der Waals surface area contributed by atoms with Crippen LogP contribution in [0.15, 0.2) is 46.2 Å². The number of benzene rings is 1. The zero-order chi connectivity index (χ0) is 21.5. The van der Waals surface area contributed by atoms with E-state index in [-0.39, 0.29) is 5.91 Å². The van der Waals surface area contributed by atoms with Gasteiger partial charge in [0.2, 0.25) is 5.91 Å². The van der Waals surface area contributed by atoms with Crippen molar-refractivity contribution in [1.82, 2.24) is 19.7 Å². The molecule has 0 saturated carbocycles. The molecule has 30 heavy (non-hydrogen) atoms. The second-order valence-corrected chi connectivity index (χ2v) is 8.66. The molecule has 6 nitrogen and oxygen atoms in total. The highest BCUT2D eigenvalue weighted by Crippen LogP contribution is 2.26. The van der Waals surface area contributed by atoms with Gasteiger partial charge in [-0.3, -0.25) is 4.79 Å². The number of anilines is 1. The van der Waals surface area contributed by atoms with E-state index in [2.05, 4.69) is 70.1 Å². The summed E-state index contributed by atoms with van der Waals surface area (Å²) in [5.41, 5.74) is 3.40. The molecular weight excluding hydrogens is 414 g/mol. The van der Waals surface area contributed by atoms with Crippen molar-refractivity contribution in [3.8, 4) is 11.4 Å². The average molecular weight is 444 g/mol. The van der Waals surface area contributed by atoms with Crippen LogP contribution in [-0.4, -0.2) is 51.5 Å². The van der Waals surface area contributed by atoms with Crippen molar-refractivity contribution < 1.29 is 4.79 Å². The Hall–Kier alpha value is -2.32. The molecule has 0 fully saturated rings. The van der Waals surface area contributed by atoms with Crippen LogP contribution in [0.3, 0.4) is 0 Å². The Morgan fingerprint density at radius 1 is 1.10 bits per heavy atom. The van der Waals surface area contributed by atoms with Gasteiger partial charge in [-0.1, -0.05) is 11.8 Å². The summed E-state index contributed by atoms with van der Waals surface area (Å²) >= 11 is 3.09. The molecular formula is C22H29N5OS2. The van der Waals surface area contributed by atoms with Crippen molar-refractivity contribution in [2.75, 3.05) is 30.8 Å². The van der Waals surface area contributed by atoms with Gasteiger partial charge in [0, 0.05) is 44.5 Å². The molecule has 1 aromatic carbocycles. The molecule has 3 aromatic rings. The molecule has 8 heteroatoms. The molecule has 0 bridgehead atoms. The minimum absolute atomic E-state index is 0.0852. The Bertz CT molecular complexity index is 933. The largest absolute Gasteiger partial charge is 0.372 e. The molecule has 0 atom stereocenters. The van der Waals surface area contributed by atoms with Gasteiger partial charge in [0.05, 0.1) is 5.75 Å². The highest BCUT2D eigenvalue weighted by Gasteiger charge is 2.16. The lowest BCUT2D eigenvalue weighted by atomic mass is 10.2. The number of nitrogens with zero attached hydrogens (tertiary/aromatic N) is 5. The van der Waals surface area contributed by atoms with E-state index < -0.39 is 0 Å². The first-order valence-electron chi connectivity index (χ1n) is 10.2. The Kier molecular flexibility index (Phi) is 7.93. The smallest absolute Gasteiger partial charge is 0.233 e. The minimum atomic E-state index is 0.0852. The third-order valence-corrected chi connectivity index (χ3v) is 6.72. The van der Waals surface area contributed by atoms with E-state index in [1.165, 1.54) is 17.4 Å². The summed E-state index contributed by atoms with van der Waals surface area (Å²) in [6, 6.07) is 10.5. The lowest BCUT2D eigenvalue weighted by Gasteiger charge is -2.21. The number of aromatic nitrogens is 3. The van der Waals surface area contributed by atoms with Crippen molar-refractivity contribution in [1.29, 1.82) is 0 Å². The summed E-state index contributed by atoms with van der Waals surface area (Å²) in [6.45, 7) is 9.75.